The predicted molar refractivity (Wildman–Crippen MR) is 114 cm³/mol. The molecule has 0 fully saturated rings. The molecule has 0 spiro atoms. The van der Waals surface area contributed by atoms with Gasteiger partial charge < -0.3 is 9.47 Å². The standard InChI is InChI=1S/C21H18F4N4O3S/c1-10(2)9-32-20-29-28-19(33-20)27-18(30)13-8-26-11(3)7-12(13)16-15(31-4)6-5-14(17(16)22)21(23,24)25/h5-8H,1,9H2,2-4H3,(H,27,28,30). The number of benzene rings is 1. The molecule has 0 aliphatic carbocycles. The van der Waals surface area contributed by atoms with Crippen molar-refractivity contribution in [2.24, 2.45) is 0 Å². The van der Waals surface area contributed by atoms with Gasteiger partial charge in [0.2, 0.25) is 5.13 Å². The molecule has 7 nitrogen and oxygen atoms in total. The molecule has 3 aromatic rings. The van der Waals surface area contributed by atoms with E-state index in [2.05, 4.69) is 27.1 Å². The molecule has 1 aromatic carbocycles. The van der Waals surface area contributed by atoms with E-state index in [0.29, 0.717) is 11.8 Å². The van der Waals surface area contributed by atoms with Crippen LogP contribution in [0, 0.1) is 12.7 Å². The van der Waals surface area contributed by atoms with E-state index in [0.717, 1.165) is 29.2 Å². The van der Waals surface area contributed by atoms with E-state index in [-0.39, 0.29) is 33.8 Å². The van der Waals surface area contributed by atoms with Gasteiger partial charge >= 0.3 is 6.18 Å². The quantitative estimate of drug-likeness (QED) is 0.364. The molecule has 174 valence electrons. The van der Waals surface area contributed by atoms with Crippen LogP contribution in [0.1, 0.15) is 28.5 Å². The van der Waals surface area contributed by atoms with Crippen molar-refractivity contribution in [2.75, 3.05) is 19.0 Å². The maximum atomic E-state index is 15.1. The van der Waals surface area contributed by atoms with Crippen LogP contribution in [-0.4, -0.2) is 34.8 Å². The highest BCUT2D eigenvalue weighted by atomic mass is 32.1. The number of hydrogen-bond acceptors (Lipinski definition) is 7. The third-order valence-electron chi connectivity index (χ3n) is 4.25. The molecular weight excluding hydrogens is 464 g/mol. The summed E-state index contributed by atoms with van der Waals surface area (Å²) in [6, 6.07) is 2.88. The molecule has 0 unspecified atom stereocenters. The number of nitrogens with one attached hydrogen (secondary N) is 1. The van der Waals surface area contributed by atoms with Crippen LogP contribution in [0.3, 0.4) is 0 Å². The fourth-order valence-corrected chi connectivity index (χ4v) is 3.40. The summed E-state index contributed by atoms with van der Waals surface area (Å²) in [6.45, 7) is 7.22. The number of rotatable bonds is 7. The molecule has 2 heterocycles. The molecule has 0 bridgehead atoms. The van der Waals surface area contributed by atoms with Gasteiger partial charge in [0.25, 0.3) is 11.1 Å². The second-order valence-corrected chi connectivity index (χ2v) is 7.89. The van der Waals surface area contributed by atoms with E-state index in [1.807, 2.05) is 0 Å². The van der Waals surface area contributed by atoms with Crippen molar-refractivity contribution in [2.45, 2.75) is 20.0 Å². The first-order valence-electron chi connectivity index (χ1n) is 9.34. The van der Waals surface area contributed by atoms with Crippen molar-refractivity contribution < 1.29 is 31.8 Å². The van der Waals surface area contributed by atoms with E-state index in [1.165, 1.54) is 13.2 Å². The lowest BCUT2D eigenvalue weighted by Crippen LogP contribution is -2.15. The summed E-state index contributed by atoms with van der Waals surface area (Å²) in [7, 11) is 1.19. The van der Waals surface area contributed by atoms with Crippen LogP contribution >= 0.6 is 11.3 Å². The van der Waals surface area contributed by atoms with Gasteiger partial charge in [-0.2, -0.15) is 13.2 Å². The number of amides is 1. The molecule has 2 aromatic heterocycles. The maximum Gasteiger partial charge on any atom is 0.419 e. The lowest BCUT2D eigenvalue weighted by Gasteiger charge is -2.17. The summed E-state index contributed by atoms with van der Waals surface area (Å²) in [5, 5.41) is 10.3. The number of pyridine rings is 1. The molecule has 33 heavy (non-hydrogen) atoms. The van der Waals surface area contributed by atoms with Crippen LogP contribution in [0.2, 0.25) is 0 Å². The number of carbonyl (C=O) groups excluding carboxylic acids is 1. The Bertz CT molecular complexity index is 1210. The zero-order valence-corrected chi connectivity index (χ0v) is 18.5. The van der Waals surface area contributed by atoms with Gasteiger partial charge in [0, 0.05) is 17.5 Å². The van der Waals surface area contributed by atoms with Crippen LogP contribution in [0.15, 0.2) is 36.5 Å². The Morgan fingerprint density at radius 2 is 2.00 bits per heavy atom. The molecule has 0 aliphatic rings. The average molecular weight is 482 g/mol. The summed E-state index contributed by atoms with van der Waals surface area (Å²) in [6.07, 6.45) is -3.80. The van der Waals surface area contributed by atoms with Crippen LogP contribution in [0.5, 0.6) is 10.9 Å². The summed E-state index contributed by atoms with van der Waals surface area (Å²) < 4.78 is 65.4. The molecule has 0 saturated heterocycles. The SMILES string of the molecule is C=C(C)COc1nnc(NC(=O)c2cnc(C)cc2-c2c(OC)ccc(C(F)(F)F)c2F)s1. The van der Waals surface area contributed by atoms with Crippen molar-refractivity contribution in [3.05, 3.63) is 59.2 Å². The number of carbonyl (C=O) groups is 1. The number of hydrogen-bond donors (Lipinski definition) is 1. The Labute approximate surface area is 190 Å². The van der Waals surface area contributed by atoms with Gasteiger partial charge in [0.05, 0.1) is 23.8 Å². The number of nitrogens with zero attached hydrogens (tertiary/aromatic N) is 3. The Kier molecular flexibility index (Phi) is 6.96. The van der Waals surface area contributed by atoms with Gasteiger partial charge in [-0.05, 0) is 49.0 Å². The first-order chi connectivity index (χ1) is 15.5. The fourth-order valence-electron chi connectivity index (χ4n) is 2.81. The van der Waals surface area contributed by atoms with Crippen molar-refractivity contribution >= 4 is 22.4 Å². The van der Waals surface area contributed by atoms with E-state index in [4.69, 9.17) is 9.47 Å². The first-order valence-corrected chi connectivity index (χ1v) is 10.2. The fraction of sp³-hybridized carbons (Fsp3) is 0.238. The maximum absolute atomic E-state index is 15.1. The largest absolute Gasteiger partial charge is 0.496 e. The number of methoxy groups -OCH3 is 1. The Morgan fingerprint density at radius 1 is 1.27 bits per heavy atom. The van der Waals surface area contributed by atoms with Gasteiger partial charge in [-0.1, -0.05) is 11.7 Å². The molecule has 3 rings (SSSR count). The van der Waals surface area contributed by atoms with Crippen LogP contribution in [-0.2, 0) is 6.18 Å². The average Bonchev–Trinajstić information content (AvgIpc) is 3.18. The normalized spacial score (nSPS) is 11.2. The second kappa shape index (κ2) is 9.53. The third-order valence-corrected chi connectivity index (χ3v) is 5.00. The minimum atomic E-state index is -4.94. The molecule has 1 amide bonds. The molecule has 0 aliphatic heterocycles. The highest BCUT2D eigenvalue weighted by Gasteiger charge is 2.37. The van der Waals surface area contributed by atoms with Gasteiger partial charge in [-0.3, -0.25) is 15.1 Å². The zero-order chi connectivity index (χ0) is 24.3. The monoisotopic (exact) mass is 482 g/mol. The summed E-state index contributed by atoms with van der Waals surface area (Å²) in [4.78, 5) is 17.0. The Balaban J connectivity index is 2.03. The number of anilines is 1. The topological polar surface area (TPSA) is 86.2 Å². The van der Waals surface area contributed by atoms with E-state index in [9.17, 15) is 18.0 Å². The predicted octanol–water partition coefficient (Wildman–Crippen LogP) is 5.28. The first kappa shape index (κ1) is 24.1. The number of aryl methyl sites for hydroxylation is 1. The lowest BCUT2D eigenvalue weighted by molar-refractivity contribution is -0.139. The van der Waals surface area contributed by atoms with Crippen molar-refractivity contribution in [1.29, 1.82) is 0 Å². The van der Waals surface area contributed by atoms with E-state index < -0.39 is 29.0 Å². The summed E-state index contributed by atoms with van der Waals surface area (Å²) in [5.41, 5.74) is -1.19. The van der Waals surface area contributed by atoms with Gasteiger partial charge in [-0.15, -0.1) is 5.10 Å². The summed E-state index contributed by atoms with van der Waals surface area (Å²) >= 11 is 0.934. The van der Waals surface area contributed by atoms with Crippen LogP contribution in [0.4, 0.5) is 22.7 Å². The number of halogens is 4. The zero-order valence-electron chi connectivity index (χ0n) is 17.7. The molecular formula is C21H18F4N4O3S. The van der Waals surface area contributed by atoms with Crippen LogP contribution < -0.4 is 14.8 Å². The number of ether oxygens (including phenoxy) is 2. The molecule has 0 saturated carbocycles. The Hall–Kier alpha value is -3.54. The lowest BCUT2D eigenvalue weighted by atomic mass is 9.96. The Morgan fingerprint density at radius 3 is 2.64 bits per heavy atom. The third kappa shape index (κ3) is 5.45. The van der Waals surface area contributed by atoms with Crippen LogP contribution in [0.25, 0.3) is 11.1 Å². The van der Waals surface area contributed by atoms with Crippen molar-refractivity contribution in [3.63, 3.8) is 0 Å². The van der Waals surface area contributed by atoms with E-state index in [1.54, 1.807) is 13.8 Å². The summed E-state index contributed by atoms with van der Waals surface area (Å²) in [5.74, 6) is -2.52. The molecule has 0 radical (unpaired) electrons. The smallest absolute Gasteiger partial charge is 0.419 e. The van der Waals surface area contributed by atoms with E-state index >= 15 is 4.39 Å². The molecule has 1 N–H and O–H groups in total. The van der Waals surface area contributed by atoms with Crippen molar-refractivity contribution in [1.82, 2.24) is 15.2 Å². The number of alkyl halides is 3. The van der Waals surface area contributed by atoms with Gasteiger partial charge in [0.15, 0.2) is 0 Å². The molecule has 12 heteroatoms. The van der Waals surface area contributed by atoms with Crippen molar-refractivity contribution in [3.8, 4) is 22.1 Å². The highest BCUT2D eigenvalue weighted by Crippen LogP contribution is 2.41. The highest BCUT2D eigenvalue weighted by molar-refractivity contribution is 7.17. The minimum Gasteiger partial charge on any atom is -0.496 e. The number of aromatic nitrogens is 3. The van der Waals surface area contributed by atoms with Gasteiger partial charge in [-0.25, -0.2) is 4.39 Å². The molecule has 0 atom stereocenters. The second-order valence-electron chi connectivity index (χ2n) is 6.95. The minimum absolute atomic E-state index is 0.0692. The van der Waals surface area contributed by atoms with Gasteiger partial charge in [0.1, 0.15) is 18.2 Å².